The molecule has 1 aliphatic rings. The topological polar surface area (TPSA) is 78.9 Å². The summed E-state index contributed by atoms with van der Waals surface area (Å²) in [5.41, 5.74) is 2.11. The fraction of sp³-hybridized carbons (Fsp3) is 0.556. The number of carboxylic acids is 1. The molecule has 1 aromatic rings. The second kappa shape index (κ2) is 9.39. The molecule has 2 rings (SSSR count). The summed E-state index contributed by atoms with van der Waals surface area (Å²) >= 11 is 0. The number of hydrogen-bond donors (Lipinski definition) is 2. The van der Waals surface area contributed by atoms with Gasteiger partial charge in [-0.25, -0.2) is 0 Å². The van der Waals surface area contributed by atoms with Gasteiger partial charge in [0.05, 0.1) is 13.2 Å². The summed E-state index contributed by atoms with van der Waals surface area (Å²) in [5, 5.41) is 12.1. The van der Waals surface area contributed by atoms with Crippen molar-refractivity contribution in [3.63, 3.8) is 0 Å². The molecule has 1 saturated heterocycles. The zero-order valence-corrected chi connectivity index (χ0v) is 14.2. The van der Waals surface area contributed by atoms with Crippen LogP contribution in [0.5, 0.6) is 0 Å². The second-order valence-electron chi connectivity index (χ2n) is 6.05. The first-order valence-electron chi connectivity index (χ1n) is 8.49. The first-order valence-corrected chi connectivity index (χ1v) is 8.49. The highest BCUT2D eigenvalue weighted by Gasteiger charge is 2.29. The van der Waals surface area contributed by atoms with E-state index in [1.54, 1.807) is 4.90 Å². The normalized spacial score (nSPS) is 18.3. The van der Waals surface area contributed by atoms with Crippen LogP contribution in [0.3, 0.4) is 0 Å². The molecule has 1 atom stereocenters. The summed E-state index contributed by atoms with van der Waals surface area (Å²) in [6.07, 6.45) is 2.46. The van der Waals surface area contributed by atoms with Crippen LogP contribution in [0.1, 0.15) is 37.3 Å². The molecule has 0 spiro atoms. The van der Waals surface area contributed by atoms with Gasteiger partial charge in [-0.1, -0.05) is 30.7 Å². The number of aliphatic carboxylic acids is 1. The van der Waals surface area contributed by atoms with E-state index in [9.17, 15) is 14.7 Å². The molecular formula is C18H26N2O4. The Balaban J connectivity index is 1.79. The molecule has 1 unspecified atom stereocenters. The lowest BCUT2D eigenvalue weighted by molar-refractivity contribution is -0.145. The molecule has 1 amide bonds. The van der Waals surface area contributed by atoms with Crippen LogP contribution in [-0.4, -0.2) is 47.6 Å². The summed E-state index contributed by atoms with van der Waals surface area (Å²) in [7, 11) is 0. The van der Waals surface area contributed by atoms with Crippen LogP contribution >= 0.6 is 0 Å². The van der Waals surface area contributed by atoms with E-state index in [2.05, 4.69) is 5.32 Å². The molecule has 24 heavy (non-hydrogen) atoms. The van der Waals surface area contributed by atoms with Gasteiger partial charge in [-0.3, -0.25) is 14.5 Å². The van der Waals surface area contributed by atoms with Crippen molar-refractivity contribution in [3.8, 4) is 0 Å². The Hall–Kier alpha value is -1.92. The largest absolute Gasteiger partial charge is 0.480 e. The van der Waals surface area contributed by atoms with Crippen LogP contribution in [-0.2, 0) is 27.5 Å². The van der Waals surface area contributed by atoms with Crippen LogP contribution in [0.2, 0.25) is 0 Å². The van der Waals surface area contributed by atoms with Gasteiger partial charge in [-0.15, -0.1) is 0 Å². The summed E-state index contributed by atoms with van der Waals surface area (Å²) < 4.78 is 5.35. The second-order valence-corrected chi connectivity index (χ2v) is 6.05. The van der Waals surface area contributed by atoms with Crippen molar-refractivity contribution in [1.82, 2.24) is 10.2 Å². The molecule has 0 bridgehead atoms. The van der Waals surface area contributed by atoms with Crippen molar-refractivity contribution >= 4 is 11.9 Å². The van der Waals surface area contributed by atoms with Gasteiger partial charge in [0, 0.05) is 13.2 Å². The van der Waals surface area contributed by atoms with Crippen molar-refractivity contribution < 1.29 is 19.4 Å². The Morgan fingerprint density at radius 1 is 1.25 bits per heavy atom. The maximum absolute atomic E-state index is 12.1. The Morgan fingerprint density at radius 2 is 1.96 bits per heavy atom. The Bertz CT molecular complexity index is 544. The van der Waals surface area contributed by atoms with Crippen molar-refractivity contribution in [2.45, 2.75) is 45.4 Å². The van der Waals surface area contributed by atoms with Crippen LogP contribution in [0.15, 0.2) is 24.3 Å². The number of likely N-dealkylation sites (tertiary alicyclic amines) is 1. The maximum atomic E-state index is 12.1. The number of carbonyl (C=O) groups excluding carboxylic acids is 1. The van der Waals surface area contributed by atoms with E-state index < -0.39 is 12.0 Å². The first-order chi connectivity index (χ1) is 11.6. The molecule has 1 aromatic carbocycles. The van der Waals surface area contributed by atoms with Crippen LogP contribution < -0.4 is 5.32 Å². The SMILES string of the molecule is CCOCc1ccc(CNC(=O)CN2CCCCC2C(=O)O)cc1. The lowest BCUT2D eigenvalue weighted by atomic mass is 10.0. The first kappa shape index (κ1) is 18.4. The highest BCUT2D eigenvalue weighted by Crippen LogP contribution is 2.16. The molecule has 1 fully saturated rings. The molecule has 6 heteroatoms. The third-order valence-corrected chi connectivity index (χ3v) is 4.23. The molecule has 2 N–H and O–H groups in total. The average molecular weight is 334 g/mol. The van der Waals surface area contributed by atoms with Crippen molar-refractivity contribution in [2.75, 3.05) is 19.7 Å². The summed E-state index contributed by atoms with van der Waals surface area (Å²) in [6.45, 7) is 4.48. The molecule has 0 aromatic heterocycles. The van der Waals surface area contributed by atoms with Crippen LogP contribution in [0, 0.1) is 0 Å². The molecule has 132 valence electrons. The predicted molar refractivity (Wildman–Crippen MR) is 90.5 cm³/mol. The Morgan fingerprint density at radius 3 is 2.62 bits per heavy atom. The maximum Gasteiger partial charge on any atom is 0.320 e. The fourth-order valence-corrected chi connectivity index (χ4v) is 2.87. The molecule has 0 aliphatic carbocycles. The van der Waals surface area contributed by atoms with Gasteiger partial charge < -0.3 is 15.2 Å². The van der Waals surface area contributed by atoms with Crippen LogP contribution in [0.4, 0.5) is 0 Å². The molecule has 0 saturated carbocycles. The predicted octanol–water partition coefficient (Wildman–Crippen LogP) is 1.78. The van der Waals surface area contributed by atoms with Gasteiger partial charge in [0.1, 0.15) is 6.04 Å². The van der Waals surface area contributed by atoms with E-state index in [0.717, 1.165) is 24.0 Å². The van der Waals surface area contributed by atoms with E-state index in [1.165, 1.54) is 0 Å². The highest BCUT2D eigenvalue weighted by molar-refractivity contribution is 5.80. The number of nitrogens with one attached hydrogen (secondary N) is 1. The van der Waals surface area contributed by atoms with E-state index >= 15 is 0 Å². The number of carboxylic acid groups (broad SMARTS) is 1. The minimum atomic E-state index is -0.840. The number of ether oxygens (including phenoxy) is 1. The van der Waals surface area contributed by atoms with Crippen LogP contribution in [0.25, 0.3) is 0 Å². The van der Waals surface area contributed by atoms with E-state index in [1.807, 2.05) is 31.2 Å². The third kappa shape index (κ3) is 5.62. The number of amides is 1. The molecule has 0 radical (unpaired) electrons. The van der Waals surface area contributed by atoms with Gasteiger partial charge in [0.2, 0.25) is 5.91 Å². The summed E-state index contributed by atoms with van der Waals surface area (Å²) in [5.74, 6) is -0.978. The fourth-order valence-electron chi connectivity index (χ4n) is 2.87. The zero-order valence-electron chi connectivity index (χ0n) is 14.2. The summed E-state index contributed by atoms with van der Waals surface area (Å²) in [4.78, 5) is 25.1. The number of benzene rings is 1. The number of piperidine rings is 1. The van der Waals surface area contributed by atoms with Gasteiger partial charge in [-0.2, -0.15) is 0 Å². The Kier molecular flexibility index (Phi) is 7.21. The van der Waals surface area contributed by atoms with Gasteiger partial charge in [0.25, 0.3) is 0 Å². The molecular weight excluding hydrogens is 308 g/mol. The summed E-state index contributed by atoms with van der Waals surface area (Å²) in [6, 6.07) is 7.37. The van der Waals surface area contributed by atoms with Crippen molar-refractivity contribution in [2.24, 2.45) is 0 Å². The Labute approximate surface area is 142 Å². The number of carbonyl (C=O) groups is 2. The third-order valence-electron chi connectivity index (χ3n) is 4.23. The number of rotatable bonds is 8. The van der Waals surface area contributed by atoms with Gasteiger partial charge in [0.15, 0.2) is 0 Å². The minimum absolute atomic E-state index is 0.137. The monoisotopic (exact) mass is 334 g/mol. The minimum Gasteiger partial charge on any atom is -0.480 e. The standard InChI is InChI=1S/C18H26N2O4/c1-2-24-13-15-8-6-14(7-9-15)11-19-17(21)12-20-10-4-3-5-16(20)18(22)23/h6-9,16H,2-5,10-13H2,1H3,(H,19,21)(H,22,23). The molecule has 1 heterocycles. The quantitative estimate of drug-likeness (QED) is 0.758. The lowest BCUT2D eigenvalue weighted by Crippen LogP contribution is -2.48. The molecule has 6 nitrogen and oxygen atoms in total. The zero-order chi connectivity index (χ0) is 17.4. The van der Waals surface area contributed by atoms with E-state index in [-0.39, 0.29) is 12.5 Å². The van der Waals surface area contributed by atoms with E-state index in [0.29, 0.717) is 32.7 Å². The van der Waals surface area contributed by atoms with Gasteiger partial charge >= 0.3 is 5.97 Å². The van der Waals surface area contributed by atoms with Crippen molar-refractivity contribution in [1.29, 1.82) is 0 Å². The smallest absolute Gasteiger partial charge is 0.320 e. The molecule has 1 aliphatic heterocycles. The number of hydrogen-bond acceptors (Lipinski definition) is 4. The lowest BCUT2D eigenvalue weighted by Gasteiger charge is -2.32. The number of nitrogens with zero attached hydrogens (tertiary/aromatic N) is 1. The van der Waals surface area contributed by atoms with E-state index in [4.69, 9.17) is 4.74 Å². The highest BCUT2D eigenvalue weighted by atomic mass is 16.5. The average Bonchev–Trinajstić information content (AvgIpc) is 2.59. The van der Waals surface area contributed by atoms with Crippen molar-refractivity contribution in [3.05, 3.63) is 35.4 Å². The van der Waals surface area contributed by atoms with Gasteiger partial charge in [-0.05, 0) is 37.4 Å².